The van der Waals surface area contributed by atoms with Crippen molar-refractivity contribution in [1.82, 2.24) is 10.2 Å². The van der Waals surface area contributed by atoms with E-state index in [2.05, 4.69) is 42.6 Å². The first-order valence-corrected chi connectivity index (χ1v) is 7.92. The molecular weight excluding hydrogens is 264 g/mol. The van der Waals surface area contributed by atoms with E-state index in [1.165, 1.54) is 5.56 Å². The van der Waals surface area contributed by atoms with E-state index >= 15 is 0 Å². The lowest BCUT2D eigenvalue weighted by atomic mass is 9.81. The van der Waals surface area contributed by atoms with Crippen molar-refractivity contribution in [1.29, 1.82) is 0 Å². The van der Waals surface area contributed by atoms with Gasteiger partial charge in [-0.15, -0.1) is 0 Å². The van der Waals surface area contributed by atoms with Gasteiger partial charge in [-0.3, -0.25) is 4.79 Å². The molecule has 1 aromatic rings. The van der Waals surface area contributed by atoms with E-state index in [1.54, 1.807) is 0 Å². The highest BCUT2D eigenvalue weighted by Gasteiger charge is 2.33. The lowest BCUT2D eigenvalue weighted by Gasteiger charge is -2.39. The van der Waals surface area contributed by atoms with Crippen molar-refractivity contribution < 1.29 is 9.53 Å². The van der Waals surface area contributed by atoms with Gasteiger partial charge in [0, 0.05) is 26.2 Å². The van der Waals surface area contributed by atoms with Crippen LogP contribution < -0.4 is 5.32 Å². The summed E-state index contributed by atoms with van der Waals surface area (Å²) in [6, 6.07) is 10.7. The minimum absolute atomic E-state index is 0.153. The predicted octanol–water partition coefficient (Wildman–Crippen LogP) is 1.63. The summed E-state index contributed by atoms with van der Waals surface area (Å²) in [6.45, 7) is 6.03. The van der Waals surface area contributed by atoms with Crippen molar-refractivity contribution in [2.45, 2.75) is 25.4 Å². The summed E-state index contributed by atoms with van der Waals surface area (Å²) in [4.78, 5) is 14.5. The van der Waals surface area contributed by atoms with Gasteiger partial charge < -0.3 is 15.0 Å². The first kappa shape index (κ1) is 14.5. The van der Waals surface area contributed by atoms with Gasteiger partial charge in [0.05, 0.1) is 6.61 Å². The number of hydrogen-bond acceptors (Lipinski definition) is 3. The second-order valence-electron chi connectivity index (χ2n) is 6.13. The topological polar surface area (TPSA) is 41.6 Å². The molecule has 3 rings (SSSR count). The fraction of sp³-hybridized carbons (Fsp3) is 0.588. The van der Waals surface area contributed by atoms with Crippen molar-refractivity contribution in [2.75, 3.05) is 32.8 Å². The Balaban J connectivity index is 1.61. The van der Waals surface area contributed by atoms with Crippen LogP contribution >= 0.6 is 0 Å². The second kappa shape index (κ2) is 6.58. The normalized spacial score (nSPS) is 30.1. The molecule has 0 aliphatic carbocycles. The van der Waals surface area contributed by atoms with Crippen LogP contribution in [0.2, 0.25) is 0 Å². The fourth-order valence-corrected chi connectivity index (χ4v) is 3.47. The van der Waals surface area contributed by atoms with Gasteiger partial charge in [0.15, 0.2) is 0 Å². The minimum Gasteiger partial charge on any atom is -0.366 e. The smallest absolute Gasteiger partial charge is 0.253 e. The van der Waals surface area contributed by atoms with Gasteiger partial charge in [-0.1, -0.05) is 37.3 Å². The Morgan fingerprint density at radius 3 is 2.81 bits per heavy atom. The lowest BCUT2D eigenvalue weighted by molar-refractivity contribution is -0.147. The number of rotatable bonds is 2. The maximum atomic E-state index is 12.5. The van der Waals surface area contributed by atoms with Gasteiger partial charge in [-0.05, 0) is 23.8 Å². The number of piperidine rings is 1. The van der Waals surface area contributed by atoms with Crippen LogP contribution in [0.15, 0.2) is 30.3 Å². The SMILES string of the molecule is CC1CN(C(=O)C2CNCCO2)CCC1c1ccccc1. The molecule has 114 valence electrons. The van der Waals surface area contributed by atoms with E-state index in [1.807, 2.05) is 4.90 Å². The molecule has 3 atom stereocenters. The van der Waals surface area contributed by atoms with E-state index in [-0.39, 0.29) is 12.0 Å². The second-order valence-corrected chi connectivity index (χ2v) is 6.13. The minimum atomic E-state index is -0.292. The zero-order valence-corrected chi connectivity index (χ0v) is 12.6. The maximum absolute atomic E-state index is 12.5. The maximum Gasteiger partial charge on any atom is 0.253 e. The van der Waals surface area contributed by atoms with Crippen molar-refractivity contribution >= 4 is 5.91 Å². The number of likely N-dealkylation sites (tertiary alicyclic amines) is 1. The average molecular weight is 288 g/mol. The van der Waals surface area contributed by atoms with Crippen LogP contribution in [0.4, 0.5) is 0 Å². The zero-order chi connectivity index (χ0) is 14.7. The number of carbonyl (C=O) groups excluding carboxylic acids is 1. The standard InChI is InChI=1S/C17H24N2O2/c1-13-12-19(17(20)16-11-18-8-10-21-16)9-7-15(13)14-5-3-2-4-6-14/h2-6,13,15-16,18H,7-12H2,1H3. The van der Waals surface area contributed by atoms with E-state index < -0.39 is 0 Å². The molecule has 4 heteroatoms. The number of hydrogen-bond donors (Lipinski definition) is 1. The van der Waals surface area contributed by atoms with Crippen LogP contribution in [0.3, 0.4) is 0 Å². The van der Waals surface area contributed by atoms with Crippen molar-refractivity contribution in [2.24, 2.45) is 5.92 Å². The first-order valence-electron chi connectivity index (χ1n) is 7.92. The van der Waals surface area contributed by atoms with Gasteiger partial charge >= 0.3 is 0 Å². The molecule has 3 unspecified atom stereocenters. The van der Waals surface area contributed by atoms with Crippen molar-refractivity contribution in [3.63, 3.8) is 0 Å². The summed E-state index contributed by atoms with van der Waals surface area (Å²) < 4.78 is 5.59. The summed E-state index contributed by atoms with van der Waals surface area (Å²) in [5, 5.41) is 3.23. The number of benzene rings is 1. The molecule has 2 fully saturated rings. The summed E-state index contributed by atoms with van der Waals surface area (Å²) in [7, 11) is 0. The zero-order valence-electron chi connectivity index (χ0n) is 12.6. The molecule has 2 aliphatic heterocycles. The Hall–Kier alpha value is -1.39. The number of morpholine rings is 1. The highest BCUT2D eigenvalue weighted by Crippen LogP contribution is 2.32. The van der Waals surface area contributed by atoms with Gasteiger partial charge in [0.1, 0.15) is 6.10 Å². The molecule has 0 saturated carbocycles. The van der Waals surface area contributed by atoms with Crippen molar-refractivity contribution in [3.05, 3.63) is 35.9 Å². The molecule has 1 N–H and O–H groups in total. The third-order valence-electron chi connectivity index (χ3n) is 4.65. The molecule has 4 nitrogen and oxygen atoms in total. The summed E-state index contributed by atoms with van der Waals surface area (Å²) in [5.41, 5.74) is 1.40. The van der Waals surface area contributed by atoms with Crippen LogP contribution in [0.25, 0.3) is 0 Å². The molecule has 0 radical (unpaired) electrons. The van der Waals surface area contributed by atoms with Crippen LogP contribution in [-0.4, -0.2) is 49.7 Å². The average Bonchev–Trinajstić information content (AvgIpc) is 2.55. The summed E-state index contributed by atoms with van der Waals surface area (Å²) in [6.07, 6.45) is 0.746. The Labute approximate surface area is 126 Å². The number of nitrogens with one attached hydrogen (secondary N) is 1. The summed E-state index contributed by atoms with van der Waals surface area (Å²) in [5.74, 6) is 1.20. The van der Waals surface area contributed by atoms with Gasteiger partial charge in [-0.2, -0.15) is 0 Å². The van der Waals surface area contributed by atoms with E-state index in [9.17, 15) is 4.79 Å². The van der Waals surface area contributed by atoms with Crippen molar-refractivity contribution in [3.8, 4) is 0 Å². The summed E-state index contributed by atoms with van der Waals surface area (Å²) >= 11 is 0. The number of amides is 1. The molecule has 1 aromatic carbocycles. The Morgan fingerprint density at radius 2 is 2.14 bits per heavy atom. The first-order chi connectivity index (χ1) is 10.3. The number of nitrogens with zero attached hydrogens (tertiary/aromatic N) is 1. The quantitative estimate of drug-likeness (QED) is 0.899. The molecule has 2 heterocycles. The van der Waals surface area contributed by atoms with Crippen LogP contribution in [-0.2, 0) is 9.53 Å². The number of carbonyl (C=O) groups is 1. The number of ether oxygens (including phenoxy) is 1. The molecule has 2 saturated heterocycles. The Bertz CT molecular complexity index is 471. The Kier molecular flexibility index (Phi) is 4.56. The molecule has 2 aliphatic rings. The monoisotopic (exact) mass is 288 g/mol. The highest BCUT2D eigenvalue weighted by molar-refractivity contribution is 5.81. The van der Waals surface area contributed by atoms with E-state index in [4.69, 9.17) is 4.74 Å². The molecule has 0 bridgehead atoms. The fourth-order valence-electron chi connectivity index (χ4n) is 3.47. The lowest BCUT2D eigenvalue weighted by Crippen LogP contribution is -2.52. The highest BCUT2D eigenvalue weighted by atomic mass is 16.5. The molecule has 0 spiro atoms. The molecular formula is C17H24N2O2. The van der Waals surface area contributed by atoms with Gasteiger partial charge in [0.25, 0.3) is 5.91 Å². The molecule has 0 aromatic heterocycles. The van der Waals surface area contributed by atoms with Gasteiger partial charge in [0.2, 0.25) is 0 Å². The van der Waals surface area contributed by atoms with E-state index in [0.29, 0.717) is 25.0 Å². The van der Waals surface area contributed by atoms with E-state index in [0.717, 1.165) is 26.1 Å². The van der Waals surface area contributed by atoms with Crippen LogP contribution in [0.5, 0.6) is 0 Å². The van der Waals surface area contributed by atoms with Gasteiger partial charge in [-0.25, -0.2) is 0 Å². The third-order valence-corrected chi connectivity index (χ3v) is 4.65. The largest absolute Gasteiger partial charge is 0.366 e. The molecule has 21 heavy (non-hydrogen) atoms. The Morgan fingerprint density at radius 1 is 1.33 bits per heavy atom. The molecule has 1 amide bonds. The third kappa shape index (κ3) is 3.27. The van der Waals surface area contributed by atoms with Crippen LogP contribution in [0.1, 0.15) is 24.8 Å². The van der Waals surface area contributed by atoms with Crippen LogP contribution in [0, 0.1) is 5.92 Å². The predicted molar refractivity (Wildman–Crippen MR) is 82.2 cm³/mol.